The first-order valence-corrected chi connectivity index (χ1v) is 7.74. The molecule has 0 aromatic carbocycles. The smallest absolute Gasteiger partial charge is 0.224 e. The second-order valence-corrected chi connectivity index (χ2v) is 6.56. The Labute approximate surface area is 112 Å². The molecule has 1 unspecified atom stereocenters. The van der Waals surface area contributed by atoms with E-state index in [0.717, 1.165) is 26.1 Å². The van der Waals surface area contributed by atoms with Crippen LogP contribution in [0.2, 0.25) is 0 Å². The van der Waals surface area contributed by atoms with Gasteiger partial charge in [-0.1, -0.05) is 0 Å². The molecule has 2 aliphatic rings. The number of carbonyl (C=O) groups is 1. The number of nitrogens with one attached hydrogen (secondary N) is 2. The van der Waals surface area contributed by atoms with Crippen molar-refractivity contribution in [2.45, 2.75) is 11.7 Å². The van der Waals surface area contributed by atoms with E-state index in [9.17, 15) is 4.79 Å². The lowest BCUT2D eigenvalue weighted by Crippen LogP contribution is -2.37. The minimum atomic E-state index is 0. The molecule has 0 radical (unpaired) electrons. The zero-order valence-electron chi connectivity index (χ0n) is 9.24. The SMILES string of the molecule is Cl.O=C(NCC1CSCCS1)[C@@H]1CCNC1. The third-order valence-corrected chi connectivity index (χ3v) is 5.66. The maximum absolute atomic E-state index is 11.7. The zero-order valence-corrected chi connectivity index (χ0v) is 11.7. The van der Waals surface area contributed by atoms with Crippen molar-refractivity contribution in [3.05, 3.63) is 0 Å². The fourth-order valence-corrected chi connectivity index (χ4v) is 4.50. The molecule has 2 heterocycles. The molecule has 2 saturated heterocycles. The van der Waals surface area contributed by atoms with E-state index >= 15 is 0 Å². The van der Waals surface area contributed by atoms with Gasteiger partial charge in [-0.3, -0.25) is 4.79 Å². The van der Waals surface area contributed by atoms with E-state index in [1.54, 1.807) is 0 Å². The molecule has 0 aromatic rings. The van der Waals surface area contributed by atoms with Gasteiger partial charge in [0, 0.05) is 35.6 Å². The van der Waals surface area contributed by atoms with Crippen molar-refractivity contribution < 1.29 is 4.79 Å². The van der Waals surface area contributed by atoms with Gasteiger partial charge in [-0.25, -0.2) is 0 Å². The lowest BCUT2D eigenvalue weighted by atomic mass is 10.1. The summed E-state index contributed by atoms with van der Waals surface area (Å²) < 4.78 is 0. The van der Waals surface area contributed by atoms with Crippen LogP contribution < -0.4 is 10.6 Å². The van der Waals surface area contributed by atoms with Gasteiger partial charge in [-0.2, -0.15) is 23.5 Å². The highest BCUT2D eigenvalue weighted by Gasteiger charge is 2.23. The van der Waals surface area contributed by atoms with Gasteiger partial charge < -0.3 is 10.6 Å². The van der Waals surface area contributed by atoms with Crippen LogP contribution in [-0.4, -0.2) is 48.0 Å². The van der Waals surface area contributed by atoms with E-state index in [0.29, 0.717) is 5.25 Å². The number of amides is 1. The van der Waals surface area contributed by atoms with Gasteiger partial charge in [0.2, 0.25) is 5.91 Å². The topological polar surface area (TPSA) is 41.1 Å². The van der Waals surface area contributed by atoms with Gasteiger partial charge in [-0.15, -0.1) is 12.4 Å². The summed E-state index contributed by atoms with van der Waals surface area (Å²) in [7, 11) is 0. The highest BCUT2D eigenvalue weighted by molar-refractivity contribution is 8.06. The first-order valence-electron chi connectivity index (χ1n) is 5.54. The summed E-state index contributed by atoms with van der Waals surface area (Å²) in [5.74, 6) is 4.15. The molecule has 3 nitrogen and oxygen atoms in total. The number of hydrogen-bond donors (Lipinski definition) is 2. The molecule has 0 saturated carbocycles. The molecule has 1 amide bonds. The molecule has 2 atom stereocenters. The van der Waals surface area contributed by atoms with E-state index in [2.05, 4.69) is 10.6 Å². The first kappa shape index (κ1) is 14.5. The molecule has 0 aliphatic carbocycles. The van der Waals surface area contributed by atoms with Crippen molar-refractivity contribution in [1.82, 2.24) is 10.6 Å². The molecule has 0 aromatic heterocycles. The lowest BCUT2D eigenvalue weighted by Gasteiger charge is -2.21. The average molecular weight is 283 g/mol. The molecule has 2 rings (SSSR count). The zero-order chi connectivity index (χ0) is 10.5. The van der Waals surface area contributed by atoms with Gasteiger partial charge in [-0.05, 0) is 13.0 Å². The standard InChI is InChI=1S/C10H18N2OS2.ClH/c13-10(8-1-2-11-5-8)12-6-9-7-14-3-4-15-9;/h8-9,11H,1-7H2,(H,12,13);1H/t8-,9?;/m1./s1. The fourth-order valence-electron chi connectivity index (χ4n) is 1.89. The van der Waals surface area contributed by atoms with Gasteiger partial charge in [0.1, 0.15) is 0 Å². The molecular formula is C10H19ClN2OS2. The quantitative estimate of drug-likeness (QED) is 0.810. The lowest BCUT2D eigenvalue weighted by molar-refractivity contribution is -0.124. The predicted octanol–water partition coefficient (Wildman–Crippen LogP) is 0.982. The van der Waals surface area contributed by atoms with E-state index in [-0.39, 0.29) is 24.2 Å². The predicted molar refractivity (Wildman–Crippen MR) is 74.8 cm³/mol. The molecule has 94 valence electrons. The molecule has 2 N–H and O–H groups in total. The summed E-state index contributed by atoms with van der Waals surface area (Å²) in [5, 5.41) is 6.93. The van der Waals surface area contributed by atoms with Crippen LogP contribution in [0.1, 0.15) is 6.42 Å². The van der Waals surface area contributed by atoms with Crippen molar-refractivity contribution >= 4 is 41.8 Å². The highest BCUT2D eigenvalue weighted by atomic mass is 35.5. The maximum Gasteiger partial charge on any atom is 0.224 e. The van der Waals surface area contributed by atoms with E-state index in [1.165, 1.54) is 17.3 Å². The van der Waals surface area contributed by atoms with Gasteiger partial charge in [0.25, 0.3) is 0 Å². The van der Waals surface area contributed by atoms with Crippen molar-refractivity contribution in [3.63, 3.8) is 0 Å². The minimum absolute atomic E-state index is 0. The third-order valence-electron chi connectivity index (χ3n) is 2.82. The van der Waals surface area contributed by atoms with Crippen LogP contribution in [0.25, 0.3) is 0 Å². The Hall–Kier alpha value is 0.420. The van der Waals surface area contributed by atoms with Crippen LogP contribution in [-0.2, 0) is 4.79 Å². The summed E-state index contributed by atoms with van der Waals surface area (Å²) in [6.07, 6.45) is 0.998. The molecule has 0 bridgehead atoms. The second-order valence-electron chi connectivity index (χ2n) is 4.00. The first-order chi connectivity index (χ1) is 7.36. The molecule has 2 fully saturated rings. The number of carbonyl (C=O) groups excluding carboxylic acids is 1. The summed E-state index contributed by atoms with van der Waals surface area (Å²) in [6, 6.07) is 0. The van der Waals surface area contributed by atoms with Crippen molar-refractivity contribution in [1.29, 1.82) is 0 Å². The Morgan fingerprint density at radius 2 is 2.31 bits per heavy atom. The van der Waals surface area contributed by atoms with E-state index < -0.39 is 0 Å². The summed E-state index contributed by atoms with van der Waals surface area (Å²) in [5.41, 5.74) is 0. The molecule has 6 heteroatoms. The Bertz CT molecular complexity index is 219. The number of thioether (sulfide) groups is 2. The minimum Gasteiger partial charge on any atom is -0.355 e. The molecular weight excluding hydrogens is 264 g/mol. The summed E-state index contributed by atoms with van der Waals surface area (Å²) >= 11 is 4.00. The Kier molecular flexibility index (Phi) is 6.96. The van der Waals surface area contributed by atoms with Crippen molar-refractivity contribution in [3.8, 4) is 0 Å². The average Bonchev–Trinajstić information content (AvgIpc) is 2.81. The second kappa shape index (κ2) is 7.69. The van der Waals surface area contributed by atoms with Crippen LogP contribution in [0.5, 0.6) is 0 Å². The fraction of sp³-hybridized carbons (Fsp3) is 0.900. The van der Waals surface area contributed by atoms with Crippen LogP contribution in [0.3, 0.4) is 0 Å². The van der Waals surface area contributed by atoms with Crippen molar-refractivity contribution in [2.24, 2.45) is 5.92 Å². The van der Waals surface area contributed by atoms with Gasteiger partial charge in [0.15, 0.2) is 0 Å². The molecule has 16 heavy (non-hydrogen) atoms. The normalized spacial score (nSPS) is 29.5. The van der Waals surface area contributed by atoms with Crippen LogP contribution in [0.15, 0.2) is 0 Å². The van der Waals surface area contributed by atoms with Crippen molar-refractivity contribution in [2.75, 3.05) is 36.9 Å². The highest BCUT2D eigenvalue weighted by Crippen LogP contribution is 2.23. The number of halogens is 1. The third kappa shape index (κ3) is 4.35. The van der Waals surface area contributed by atoms with Gasteiger partial charge >= 0.3 is 0 Å². The molecule has 0 spiro atoms. The number of hydrogen-bond acceptors (Lipinski definition) is 4. The van der Waals surface area contributed by atoms with Crippen LogP contribution in [0.4, 0.5) is 0 Å². The monoisotopic (exact) mass is 282 g/mol. The van der Waals surface area contributed by atoms with E-state index in [4.69, 9.17) is 0 Å². The summed E-state index contributed by atoms with van der Waals surface area (Å²) in [6.45, 7) is 2.71. The van der Waals surface area contributed by atoms with Crippen LogP contribution >= 0.6 is 35.9 Å². The number of rotatable bonds is 3. The van der Waals surface area contributed by atoms with Gasteiger partial charge in [0.05, 0.1) is 5.92 Å². The maximum atomic E-state index is 11.7. The van der Waals surface area contributed by atoms with E-state index in [1.807, 2.05) is 23.5 Å². The Morgan fingerprint density at radius 1 is 1.44 bits per heavy atom. The largest absolute Gasteiger partial charge is 0.355 e. The Morgan fingerprint density at radius 3 is 2.94 bits per heavy atom. The summed E-state index contributed by atoms with van der Waals surface area (Å²) in [4.78, 5) is 11.7. The molecule has 2 aliphatic heterocycles. The Balaban J connectivity index is 0.00000128. The van der Waals surface area contributed by atoms with Crippen LogP contribution in [0, 0.1) is 5.92 Å².